The van der Waals surface area contributed by atoms with E-state index in [4.69, 9.17) is 0 Å². The molecule has 0 saturated carbocycles. The fourth-order valence-electron chi connectivity index (χ4n) is 4.79. The quantitative estimate of drug-likeness (QED) is 0.689. The summed E-state index contributed by atoms with van der Waals surface area (Å²) < 4.78 is 23.7. The lowest BCUT2D eigenvalue weighted by Crippen LogP contribution is -2.50. The lowest BCUT2D eigenvalue weighted by atomic mass is 9.87. The second-order valence-electron chi connectivity index (χ2n) is 10.5. The predicted octanol–water partition coefficient (Wildman–Crippen LogP) is 3.25. The van der Waals surface area contributed by atoms with Gasteiger partial charge >= 0.3 is 0 Å². The molecule has 0 aliphatic carbocycles. The molecule has 3 heterocycles. The number of likely N-dealkylation sites (tertiary alicyclic amines) is 1. The van der Waals surface area contributed by atoms with Crippen molar-refractivity contribution in [3.8, 4) is 0 Å². The van der Waals surface area contributed by atoms with E-state index in [0.29, 0.717) is 51.0 Å². The summed E-state index contributed by atoms with van der Waals surface area (Å²) in [6.07, 6.45) is 8.74. The molecule has 2 atom stereocenters. The number of rotatable bonds is 4. The highest BCUT2D eigenvalue weighted by Gasteiger charge is 2.32. The van der Waals surface area contributed by atoms with E-state index in [1.165, 1.54) is 5.57 Å². The average molecular weight is 466 g/mol. The van der Waals surface area contributed by atoms with Crippen molar-refractivity contribution in [2.75, 3.05) is 24.6 Å². The molecule has 180 valence electrons. The SMILES string of the molecule is CC(C)(C)C1=CC(NC(=O)C2CCCCCN2C(=O)CCC2CCCS(=O)(=O)CC2)=NC1. The molecule has 1 N–H and O–H groups in total. The second-order valence-corrected chi connectivity index (χ2v) is 12.9. The molecule has 0 aromatic heterocycles. The van der Waals surface area contributed by atoms with Crippen molar-refractivity contribution < 1.29 is 18.0 Å². The van der Waals surface area contributed by atoms with Gasteiger partial charge in [0.1, 0.15) is 21.7 Å². The molecule has 0 bridgehead atoms. The minimum Gasteiger partial charge on any atom is -0.331 e. The predicted molar refractivity (Wildman–Crippen MR) is 127 cm³/mol. The summed E-state index contributed by atoms with van der Waals surface area (Å²) >= 11 is 0. The topological polar surface area (TPSA) is 95.9 Å². The van der Waals surface area contributed by atoms with Gasteiger partial charge in [-0.25, -0.2) is 8.42 Å². The van der Waals surface area contributed by atoms with Crippen LogP contribution in [0, 0.1) is 11.3 Å². The number of nitrogens with one attached hydrogen (secondary N) is 1. The highest BCUT2D eigenvalue weighted by atomic mass is 32.2. The minimum absolute atomic E-state index is 0.0115. The van der Waals surface area contributed by atoms with Crippen LogP contribution in [0.25, 0.3) is 0 Å². The average Bonchev–Trinajstić information content (AvgIpc) is 2.94. The molecule has 0 aromatic carbocycles. The Hall–Kier alpha value is -1.70. The first kappa shape index (κ1) is 24.9. The lowest BCUT2D eigenvalue weighted by molar-refractivity contribution is -0.140. The standard InChI is InChI=1S/C24H39N3O4S/c1-24(2,3)19-16-21(25-17-19)26-23(29)20-9-5-4-6-13-27(20)22(28)11-10-18-8-7-14-32(30,31)15-12-18/h16,18,20H,4-15,17H2,1-3H3,(H,25,26,29). The van der Waals surface area contributed by atoms with Gasteiger partial charge in [-0.1, -0.05) is 33.6 Å². The van der Waals surface area contributed by atoms with Gasteiger partial charge in [-0.05, 0) is 61.5 Å². The Labute approximate surface area is 193 Å². The molecule has 2 amide bonds. The first-order valence-electron chi connectivity index (χ1n) is 12.1. The first-order chi connectivity index (χ1) is 15.0. The normalized spacial score (nSPS) is 26.5. The van der Waals surface area contributed by atoms with Crippen LogP contribution < -0.4 is 5.32 Å². The molecule has 7 nitrogen and oxygen atoms in total. The van der Waals surface area contributed by atoms with Crippen molar-refractivity contribution in [1.29, 1.82) is 0 Å². The van der Waals surface area contributed by atoms with Crippen LogP contribution in [0.4, 0.5) is 0 Å². The van der Waals surface area contributed by atoms with Gasteiger partial charge in [0, 0.05) is 13.0 Å². The zero-order valence-electron chi connectivity index (χ0n) is 19.9. The van der Waals surface area contributed by atoms with Crippen molar-refractivity contribution in [3.63, 3.8) is 0 Å². The molecular formula is C24H39N3O4S. The van der Waals surface area contributed by atoms with Crippen LogP contribution in [0.1, 0.15) is 78.6 Å². The molecule has 32 heavy (non-hydrogen) atoms. The third-order valence-electron chi connectivity index (χ3n) is 6.99. The van der Waals surface area contributed by atoms with Crippen LogP contribution in [0.15, 0.2) is 16.6 Å². The van der Waals surface area contributed by atoms with E-state index in [-0.39, 0.29) is 34.7 Å². The maximum absolute atomic E-state index is 13.1. The van der Waals surface area contributed by atoms with Crippen LogP contribution in [0.5, 0.6) is 0 Å². The van der Waals surface area contributed by atoms with Crippen LogP contribution in [-0.4, -0.2) is 61.6 Å². The van der Waals surface area contributed by atoms with Crippen LogP contribution in [0.2, 0.25) is 0 Å². The maximum Gasteiger partial charge on any atom is 0.248 e. The fourth-order valence-corrected chi connectivity index (χ4v) is 6.29. The Morgan fingerprint density at radius 3 is 2.59 bits per heavy atom. The third-order valence-corrected chi connectivity index (χ3v) is 8.76. The molecule has 3 rings (SSSR count). The van der Waals surface area contributed by atoms with E-state index in [9.17, 15) is 18.0 Å². The number of amidine groups is 1. The van der Waals surface area contributed by atoms with Gasteiger partial charge in [0.15, 0.2) is 0 Å². The van der Waals surface area contributed by atoms with Crippen molar-refractivity contribution in [2.24, 2.45) is 16.3 Å². The summed E-state index contributed by atoms with van der Waals surface area (Å²) in [6.45, 7) is 7.60. The number of hydrogen-bond donors (Lipinski definition) is 1. The van der Waals surface area contributed by atoms with Gasteiger partial charge in [0.05, 0.1) is 18.1 Å². The highest BCUT2D eigenvalue weighted by molar-refractivity contribution is 7.91. The van der Waals surface area contributed by atoms with Crippen molar-refractivity contribution in [2.45, 2.75) is 84.6 Å². The number of carbonyl (C=O) groups is 2. The summed E-state index contributed by atoms with van der Waals surface area (Å²) in [6, 6.07) is -0.464. The van der Waals surface area contributed by atoms with E-state index in [0.717, 1.165) is 25.7 Å². The third kappa shape index (κ3) is 6.90. The van der Waals surface area contributed by atoms with Crippen molar-refractivity contribution in [1.82, 2.24) is 10.2 Å². The molecule has 3 aliphatic rings. The summed E-state index contributed by atoms with van der Waals surface area (Å²) in [5.41, 5.74) is 1.20. The zero-order valence-corrected chi connectivity index (χ0v) is 20.7. The summed E-state index contributed by atoms with van der Waals surface area (Å²) in [5, 5.41) is 2.96. The molecule has 2 unspecified atom stereocenters. The summed E-state index contributed by atoms with van der Waals surface area (Å²) in [5.74, 6) is 1.22. The summed E-state index contributed by atoms with van der Waals surface area (Å²) in [4.78, 5) is 32.5. The smallest absolute Gasteiger partial charge is 0.248 e. The Morgan fingerprint density at radius 2 is 1.88 bits per heavy atom. The Balaban J connectivity index is 1.59. The van der Waals surface area contributed by atoms with E-state index in [2.05, 4.69) is 31.1 Å². The number of sulfone groups is 1. The Kier molecular flexibility index (Phi) is 8.17. The largest absolute Gasteiger partial charge is 0.331 e. The fraction of sp³-hybridized carbons (Fsp3) is 0.792. The molecular weight excluding hydrogens is 426 g/mol. The van der Waals surface area contributed by atoms with Gasteiger partial charge < -0.3 is 10.2 Å². The molecule has 2 saturated heterocycles. The van der Waals surface area contributed by atoms with Crippen LogP contribution in [0.3, 0.4) is 0 Å². The molecule has 0 spiro atoms. The van der Waals surface area contributed by atoms with Crippen molar-refractivity contribution >= 4 is 27.5 Å². The maximum atomic E-state index is 13.1. The molecule has 2 fully saturated rings. The monoisotopic (exact) mass is 465 g/mol. The highest BCUT2D eigenvalue weighted by Crippen LogP contribution is 2.28. The molecule has 0 aromatic rings. The van der Waals surface area contributed by atoms with Gasteiger partial charge in [-0.15, -0.1) is 0 Å². The van der Waals surface area contributed by atoms with Gasteiger partial charge in [0.2, 0.25) is 11.8 Å². The van der Waals surface area contributed by atoms with Gasteiger partial charge in [-0.3, -0.25) is 14.6 Å². The Morgan fingerprint density at radius 1 is 1.09 bits per heavy atom. The number of nitrogens with zero attached hydrogens (tertiary/aromatic N) is 2. The Bertz CT molecular complexity index is 870. The molecule has 0 radical (unpaired) electrons. The minimum atomic E-state index is -2.93. The zero-order chi connectivity index (χ0) is 23.4. The van der Waals surface area contributed by atoms with Crippen LogP contribution in [-0.2, 0) is 19.4 Å². The van der Waals surface area contributed by atoms with Crippen LogP contribution >= 0.6 is 0 Å². The summed E-state index contributed by atoms with van der Waals surface area (Å²) in [7, 11) is -2.93. The number of amides is 2. The molecule has 3 aliphatic heterocycles. The van der Waals surface area contributed by atoms with Crippen molar-refractivity contribution in [3.05, 3.63) is 11.6 Å². The van der Waals surface area contributed by atoms with E-state index < -0.39 is 15.9 Å². The van der Waals surface area contributed by atoms with Gasteiger partial charge in [0.25, 0.3) is 0 Å². The lowest BCUT2D eigenvalue weighted by Gasteiger charge is -2.29. The molecule has 8 heteroatoms. The number of aliphatic imine (C=N–C) groups is 1. The second kappa shape index (κ2) is 10.5. The first-order valence-corrected chi connectivity index (χ1v) is 13.9. The van der Waals surface area contributed by atoms with E-state index >= 15 is 0 Å². The van der Waals surface area contributed by atoms with E-state index in [1.54, 1.807) is 4.90 Å². The number of hydrogen-bond acceptors (Lipinski definition) is 5. The number of carbonyl (C=O) groups excluding carboxylic acids is 2. The van der Waals surface area contributed by atoms with E-state index in [1.807, 2.05) is 6.08 Å². The van der Waals surface area contributed by atoms with Gasteiger partial charge in [-0.2, -0.15) is 0 Å².